The van der Waals surface area contributed by atoms with Crippen LogP contribution in [-0.4, -0.2) is 77.1 Å². The van der Waals surface area contributed by atoms with Crippen molar-refractivity contribution in [3.05, 3.63) is 57.8 Å². The Balaban J connectivity index is 1.99. The van der Waals surface area contributed by atoms with Crippen LogP contribution in [0.1, 0.15) is 29.8 Å². The van der Waals surface area contributed by atoms with Gasteiger partial charge in [-0.1, -0.05) is 6.07 Å². The fraction of sp³-hybridized carbons (Fsp3) is 0.500. The van der Waals surface area contributed by atoms with Crippen molar-refractivity contribution in [1.29, 1.82) is 0 Å². The van der Waals surface area contributed by atoms with Gasteiger partial charge in [-0.2, -0.15) is 0 Å². The van der Waals surface area contributed by atoms with E-state index >= 15 is 0 Å². The van der Waals surface area contributed by atoms with E-state index in [2.05, 4.69) is 9.88 Å². The molecule has 0 aromatic carbocycles. The van der Waals surface area contributed by atoms with Crippen LogP contribution in [0.4, 0.5) is 4.79 Å². The van der Waals surface area contributed by atoms with Crippen molar-refractivity contribution >= 4 is 6.09 Å². The molecule has 2 aromatic heterocycles. The number of piperazine rings is 1. The van der Waals surface area contributed by atoms with E-state index in [1.54, 1.807) is 48.9 Å². The molecule has 1 aliphatic rings. The van der Waals surface area contributed by atoms with Gasteiger partial charge in [0.25, 0.3) is 5.56 Å². The zero-order chi connectivity index (χ0) is 22.4. The lowest BCUT2D eigenvalue weighted by atomic mass is 9.97. The maximum Gasteiger partial charge on any atom is 0.409 e. The minimum absolute atomic E-state index is 0.0437. The zero-order valence-electron chi connectivity index (χ0n) is 18.3. The monoisotopic (exact) mass is 430 g/mol. The maximum atomic E-state index is 13.4. The fourth-order valence-corrected chi connectivity index (χ4v) is 3.96. The van der Waals surface area contributed by atoms with Crippen LogP contribution in [0.25, 0.3) is 0 Å². The lowest BCUT2D eigenvalue weighted by Crippen LogP contribution is -2.50. The van der Waals surface area contributed by atoms with Gasteiger partial charge >= 0.3 is 6.09 Å². The van der Waals surface area contributed by atoms with Gasteiger partial charge in [0.15, 0.2) is 0 Å². The quantitative estimate of drug-likeness (QED) is 0.715. The van der Waals surface area contributed by atoms with Gasteiger partial charge in [0.05, 0.1) is 24.8 Å². The fourth-order valence-electron chi connectivity index (χ4n) is 3.96. The highest BCUT2D eigenvalue weighted by Gasteiger charge is 2.32. The molecule has 1 aliphatic heterocycles. The summed E-state index contributed by atoms with van der Waals surface area (Å²) in [5.41, 5.74) is 1.53. The largest absolute Gasteiger partial charge is 0.507 e. The third-order valence-corrected chi connectivity index (χ3v) is 5.52. The molecule has 1 fully saturated rings. The number of ether oxygens (including phenoxy) is 2. The van der Waals surface area contributed by atoms with Crippen LogP contribution in [0.5, 0.6) is 5.75 Å². The first-order valence-corrected chi connectivity index (χ1v) is 10.5. The molecule has 0 bridgehead atoms. The Morgan fingerprint density at radius 3 is 2.65 bits per heavy atom. The highest BCUT2D eigenvalue weighted by atomic mass is 16.6. The van der Waals surface area contributed by atoms with E-state index in [0.29, 0.717) is 57.2 Å². The van der Waals surface area contributed by atoms with Gasteiger partial charge in [-0.15, -0.1) is 0 Å². The standard InChI is InChI=1S/C22H30N4O5/c1-4-31-22(29)25-10-8-24(9-11-25)20(17-6-5-7-23-15-17)19-18(27)14-16(2)26(21(19)28)12-13-30-3/h5-7,14-15,20,27H,4,8-13H2,1-3H3. The molecule has 1 saturated heterocycles. The maximum absolute atomic E-state index is 13.4. The lowest BCUT2D eigenvalue weighted by molar-refractivity contribution is 0.0708. The predicted molar refractivity (Wildman–Crippen MR) is 115 cm³/mol. The summed E-state index contributed by atoms with van der Waals surface area (Å²) >= 11 is 0. The molecule has 3 heterocycles. The normalized spacial score (nSPS) is 15.6. The molecule has 168 valence electrons. The number of carbonyl (C=O) groups is 1. The van der Waals surface area contributed by atoms with Crippen molar-refractivity contribution < 1.29 is 19.4 Å². The van der Waals surface area contributed by atoms with Gasteiger partial charge < -0.3 is 24.0 Å². The average Bonchev–Trinajstić information content (AvgIpc) is 2.77. The number of aryl methyl sites for hydroxylation is 1. The molecule has 0 spiro atoms. The number of pyridine rings is 2. The zero-order valence-corrected chi connectivity index (χ0v) is 18.3. The Morgan fingerprint density at radius 1 is 1.29 bits per heavy atom. The minimum Gasteiger partial charge on any atom is -0.507 e. The molecule has 0 aliphatic carbocycles. The summed E-state index contributed by atoms with van der Waals surface area (Å²) < 4.78 is 11.9. The van der Waals surface area contributed by atoms with Crippen molar-refractivity contribution in [2.24, 2.45) is 0 Å². The van der Waals surface area contributed by atoms with Crippen molar-refractivity contribution in [3.63, 3.8) is 0 Å². The Labute approximate surface area is 181 Å². The van der Waals surface area contributed by atoms with E-state index in [4.69, 9.17) is 9.47 Å². The Bertz CT molecular complexity index is 939. The van der Waals surface area contributed by atoms with Gasteiger partial charge in [-0.05, 0) is 31.5 Å². The number of amides is 1. The smallest absolute Gasteiger partial charge is 0.409 e. The number of carbonyl (C=O) groups excluding carboxylic acids is 1. The van der Waals surface area contributed by atoms with Crippen LogP contribution in [-0.2, 0) is 16.0 Å². The van der Waals surface area contributed by atoms with Crippen LogP contribution in [0, 0.1) is 6.92 Å². The molecule has 0 radical (unpaired) electrons. The van der Waals surface area contributed by atoms with E-state index in [-0.39, 0.29) is 17.4 Å². The van der Waals surface area contributed by atoms with E-state index in [9.17, 15) is 14.7 Å². The van der Waals surface area contributed by atoms with E-state index in [1.165, 1.54) is 0 Å². The molecule has 0 saturated carbocycles. The molecule has 3 rings (SSSR count). The summed E-state index contributed by atoms with van der Waals surface area (Å²) in [5.74, 6) is -0.0437. The summed E-state index contributed by atoms with van der Waals surface area (Å²) in [6.45, 7) is 6.69. The summed E-state index contributed by atoms with van der Waals surface area (Å²) in [6, 6.07) is 4.84. The van der Waals surface area contributed by atoms with E-state index in [1.807, 2.05) is 12.1 Å². The SMILES string of the molecule is CCOC(=O)N1CCN(C(c2cccnc2)c2c(O)cc(C)n(CCOC)c2=O)CC1. The third kappa shape index (κ3) is 5.05. The van der Waals surface area contributed by atoms with Crippen LogP contribution in [0.15, 0.2) is 35.4 Å². The molecule has 1 atom stereocenters. The molecule has 9 nitrogen and oxygen atoms in total. The van der Waals surface area contributed by atoms with Crippen LogP contribution in [0.2, 0.25) is 0 Å². The molecular weight excluding hydrogens is 400 g/mol. The van der Waals surface area contributed by atoms with Gasteiger partial charge in [-0.25, -0.2) is 4.79 Å². The van der Waals surface area contributed by atoms with E-state index < -0.39 is 6.04 Å². The third-order valence-electron chi connectivity index (χ3n) is 5.52. The van der Waals surface area contributed by atoms with Crippen LogP contribution in [0.3, 0.4) is 0 Å². The van der Waals surface area contributed by atoms with Gasteiger partial charge in [-0.3, -0.25) is 14.7 Å². The highest BCUT2D eigenvalue weighted by molar-refractivity contribution is 5.67. The first-order chi connectivity index (χ1) is 15.0. The summed E-state index contributed by atoms with van der Waals surface area (Å²) in [6.07, 6.45) is 3.05. The number of nitrogens with zero attached hydrogens (tertiary/aromatic N) is 4. The number of methoxy groups -OCH3 is 1. The minimum atomic E-state index is -0.486. The Kier molecular flexibility index (Phi) is 7.64. The van der Waals surface area contributed by atoms with Gasteiger partial charge in [0.1, 0.15) is 5.75 Å². The first kappa shape index (κ1) is 22.8. The molecule has 9 heteroatoms. The topological polar surface area (TPSA) is 97.1 Å². The summed E-state index contributed by atoms with van der Waals surface area (Å²) in [4.78, 5) is 33.5. The van der Waals surface area contributed by atoms with Crippen molar-refractivity contribution in [2.45, 2.75) is 26.4 Å². The molecule has 1 amide bonds. The number of rotatable bonds is 7. The number of hydrogen-bond acceptors (Lipinski definition) is 7. The molecule has 2 aromatic rings. The molecular formula is C22H30N4O5. The average molecular weight is 431 g/mol. The number of hydrogen-bond donors (Lipinski definition) is 1. The predicted octanol–water partition coefficient (Wildman–Crippen LogP) is 1.77. The van der Waals surface area contributed by atoms with Crippen molar-refractivity contribution in [3.8, 4) is 5.75 Å². The van der Waals surface area contributed by atoms with Crippen molar-refractivity contribution in [2.75, 3.05) is 46.5 Å². The van der Waals surface area contributed by atoms with Crippen LogP contribution < -0.4 is 5.56 Å². The Hall–Kier alpha value is -2.91. The highest BCUT2D eigenvalue weighted by Crippen LogP contribution is 2.33. The second kappa shape index (κ2) is 10.4. The van der Waals surface area contributed by atoms with E-state index in [0.717, 1.165) is 5.56 Å². The summed E-state index contributed by atoms with van der Waals surface area (Å²) in [5, 5.41) is 10.8. The molecule has 1 unspecified atom stereocenters. The number of aromatic nitrogens is 2. The first-order valence-electron chi connectivity index (χ1n) is 10.5. The molecule has 31 heavy (non-hydrogen) atoms. The second-order valence-corrected chi connectivity index (χ2v) is 7.45. The van der Waals surface area contributed by atoms with Gasteiger partial charge in [0.2, 0.25) is 0 Å². The van der Waals surface area contributed by atoms with Gasteiger partial charge in [0, 0.05) is 57.9 Å². The Morgan fingerprint density at radius 2 is 2.03 bits per heavy atom. The number of aromatic hydroxyl groups is 1. The summed E-state index contributed by atoms with van der Waals surface area (Å²) in [7, 11) is 1.59. The molecule has 1 N–H and O–H groups in total. The van der Waals surface area contributed by atoms with Crippen LogP contribution >= 0.6 is 0 Å². The lowest BCUT2D eigenvalue weighted by Gasteiger charge is -2.39. The van der Waals surface area contributed by atoms with Crippen molar-refractivity contribution in [1.82, 2.24) is 19.4 Å². The second-order valence-electron chi connectivity index (χ2n) is 7.45.